The fourth-order valence-corrected chi connectivity index (χ4v) is 5.53. The molecule has 1 aliphatic heterocycles. The Labute approximate surface area is 142 Å². The van der Waals surface area contributed by atoms with E-state index in [1.165, 1.54) is 4.31 Å². The van der Waals surface area contributed by atoms with Gasteiger partial charge >= 0.3 is 5.97 Å². The Morgan fingerprint density at radius 1 is 1.38 bits per heavy atom. The minimum absolute atomic E-state index is 0.0780. The molecular formula is C17H23NO5S. The molecule has 1 heterocycles. The van der Waals surface area contributed by atoms with Crippen molar-refractivity contribution < 1.29 is 23.1 Å². The highest BCUT2D eigenvalue weighted by Crippen LogP contribution is 2.50. The predicted octanol–water partition coefficient (Wildman–Crippen LogP) is 1.75. The highest BCUT2D eigenvalue weighted by Gasteiger charge is 2.57. The third kappa shape index (κ3) is 2.85. The lowest BCUT2D eigenvalue weighted by molar-refractivity contribution is -0.149. The molecular weight excluding hydrogens is 330 g/mol. The highest BCUT2D eigenvalue weighted by atomic mass is 32.2. The molecule has 0 radical (unpaired) electrons. The summed E-state index contributed by atoms with van der Waals surface area (Å²) in [7, 11) is -2.02. The van der Waals surface area contributed by atoms with Crippen molar-refractivity contribution >= 4 is 16.0 Å². The molecule has 2 fully saturated rings. The van der Waals surface area contributed by atoms with Crippen LogP contribution in [0.25, 0.3) is 0 Å². The Hall–Kier alpha value is -1.44. The number of benzene rings is 1. The third-order valence-electron chi connectivity index (χ3n) is 5.42. The van der Waals surface area contributed by atoms with Crippen LogP contribution in [0.4, 0.5) is 0 Å². The monoisotopic (exact) mass is 353 g/mol. The van der Waals surface area contributed by atoms with Crippen LogP contribution in [0.1, 0.15) is 24.8 Å². The van der Waals surface area contributed by atoms with Gasteiger partial charge in [0.2, 0.25) is 10.0 Å². The first-order chi connectivity index (χ1) is 11.4. The summed E-state index contributed by atoms with van der Waals surface area (Å²) in [5, 5.41) is 9.61. The van der Waals surface area contributed by atoms with Gasteiger partial charge in [-0.1, -0.05) is 18.6 Å². The van der Waals surface area contributed by atoms with Crippen molar-refractivity contribution in [2.45, 2.75) is 30.6 Å². The first-order valence-electron chi connectivity index (χ1n) is 8.21. The molecule has 24 heavy (non-hydrogen) atoms. The summed E-state index contributed by atoms with van der Waals surface area (Å²) < 4.78 is 32.1. The fraction of sp³-hybridized carbons (Fsp3) is 0.588. The van der Waals surface area contributed by atoms with Crippen molar-refractivity contribution in [2.75, 3.05) is 26.8 Å². The van der Waals surface area contributed by atoms with E-state index in [0.29, 0.717) is 19.6 Å². The number of carboxylic acids is 1. The number of carboxylic acid groups (broad SMARTS) is 1. The van der Waals surface area contributed by atoms with Gasteiger partial charge in [0.25, 0.3) is 0 Å². The number of hydrogen-bond acceptors (Lipinski definition) is 4. The zero-order chi connectivity index (χ0) is 17.4. The van der Waals surface area contributed by atoms with E-state index in [4.69, 9.17) is 4.74 Å². The molecule has 1 aromatic rings. The molecule has 1 aromatic carbocycles. The largest absolute Gasteiger partial charge is 0.481 e. The fourth-order valence-electron chi connectivity index (χ4n) is 3.97. The number of aliphatic carboxylic acids is 1. The lowest BCUT2D eigenvalue weighted by atomic mass is 9.81. The average molecular weight is 353 g/mol. The molecule has 0 bridgehead atoms. The summed E-state index contributed by atoms with van der Waals surface area (Å²) >= 11 is 0. The zero-order valence-corrected chi connectivity index (χ0v) is 14.6. The van der Waals surface area contributed by atoms with Crippen LogP contribution in [0.5, 0.6) is 0 Å². The van der Waals surface area contributed by atoms with E-state index in [1.807, 2.05) is 0 Å². The number of carbonyl (C=O) groups is 1. The van der Waals surface area contributed by atoms with Crippen molar-refractivity contribution in [3.05, 3.63) is 29.8 Å². The molecule has 1 saturated heterocycles. The number of hydrogen-bond donors (Lipinski definition) is 1. The molecule has 132 valence electrons. The maximum absolute atomic E-state index is 12.9. The van der Waals surface area contributed by atoms with Crippen LogP contribution in [0.2, 0.25) is 0 Å². The number of rotatable bonds is 6. The van der Waals surface area contributed by atoms with Crippen molar-refractivity contribution in [1.29, 1.82) is 0 Å². The molecule has 3 rings (SSSR count). The van der Waals surface area contributed by atoms with Crippen LogP contribution >= 0.6 is 0 Å². The number of ether oxygens (including phenoxy) is 1. The second-order valence-corrected chi connectivity index (χ2v) is 8.67. The van der Waals surface area contributed by atoms with Gasteiger partial charge in [-0.25, -0.2) is 8.42 Å². The van der Waals surface area contributed by atoms with Crippen molar-refractivity contribution in [3.63, 3.8) is 0 Å². The molecule has 1 aliphatic carbocycles. The Bertz CT molecular complexity index is 715. The first-order valence-corrected chi connectivity index (χ1v) is 9.65. The number of sulfonamides is 1. The van der Waals surface area contributed by atoms with Crippen molar-refractivity contribution in [2.24, 2.45) is 11.3 Å². The van der Waals surface area contributed by atoms with Gasteiger partial charge in [-0.3, -0.25) is 4.79 Å². The smallest absolute Gasteiger partial charge is 0.311 e. The summed E-state index contributed by atoms with van der Waals surface area (Å²) in [6.07, 6.45) is 2.94. The molecule has 0 aromatic heterocycles. The van der Waals surface area contributed by atoms with Crippen LogP contribution in [0, 0.1) is 11.3 Å². The van der Waals surface area contributed by atoms with Crippen molar-refractivity contribution in [1.82, 2.24) is 4.31 Å². The predicted molar refractivity (Wildman–Crippen MR) is 88.2 cm³/mol. The molecule has 0 unspecified atom stereocenters. The first kappa shape index (κ1) is 17.4. The van der Waals surface area contributed by atoms with Crippen LogP contribution < -0.4 is 0 Å². The van der Waals surface area contributed by atoms with Crippen LogP contribution in [0.3, 0.4) is 0 Å². The van der Waals surface area contributed by atoms with E-state index >= 15 is 0 Å². The summed E-state index contributed by atoms with van der Waals surface area (Å²) in [5.41, 5.74) is 0.113. The van der Waals surface area contributed by atoms with Gasteiger partial charge in [0.05, 0.1) is 16.9 Å². The molecule has 2 atom stereocenters. The van der Waals surface area contributed by atoms with E-state index in [2.05, 4.69) is 0 Å². The van der Waals surface area contributed by atoms with Gasteiger partial charge in [-0.2, -0.15) is 4.31 Å². The van der Waals surface area contributed by atoms with Gasteiger partial charge in [-0.05, 0) is 42.9 Å². The maximum Gasteiger partial charge on any atom is 0.311 e. The summed E-state index contributed by atoms with van der Waals surface area (Å²) in [6, 6.07) is 6.77. The standard InChI is InChI=1S/C17H23NO5S/c1-23-10-8-13-4-6-15(7-5-13)24(21,22)18-11-14-3-2-9-17(14,12-18)16(19)20/h4-7,14H,2-3,8-12H2,1H3,(H,19,20)/t14-,17+/m0/s1. The van der Waals surface area contributed by atoms with Crippen molar-refractivity contribution in [3.8, 4) is 0 Å². The second kappa shape index (κ2) is 6.46. The molecule has 0 amide bonds. The molecule has 2 aliphatic rings. The highest BCUT2D eigenvalue weighted by molar-refractivity contribution is 7.89. The van der Waals surface area contributed by atoms with Gasteiger partial charge in [-0.15, -0.1) is 0 Å². The normalized spacial score (nSPS) is 27.3. The number of methoxy groups -OCH3 is 1. The average Bonchev–Trinajstić information content (AvgIpc) is 3.12. The Balaban J connectivity index is 1.80. The minimum atomic E-state index is -3.65. The van der Waals surface area contributed by atoms with Crippen LogP contribution in [-0.2, 0) is 26.0 Å². The molecule has 6 nitrogen and oxygen atoms in total. The quantitative estimate of drug-likeness (QED) is 0.842. The van der Waals surface area contributed by atoms with Crippen LogP contribution in [-0.4, -0.2) is 50.6 Å². The summed E-state index contributed by atoms with van der Waals surface area (Å²) in [6.45, 7) is 0.974. The number of fused-ring (bicyclic) bond motifs is 1. The van der Waals surface area contributed by atoms with E-state index in [9.17, 15) is 18.3 Å². The summed E-state index contributed by atoms with van der Waals surface area (Å²) in [5.74, 6) is -0.941. The van der Waals surface area contributed by atoms with Gasteiger partial charge < -0.3 is 9.84 Å². The number of nitrogens with zero attached hydrogens (tertiary/aromatic N) is 1. The zero-order valence-electron chi connectivity index (χ0n) is 13.8. The van der Waals surface area contributed by atoms with Gasteiger partial charge in [0.15, 0.2) is 0 Å². The minimum Gasteiger partial charge on any atom is -0.481 e. The SMILES string of the molecule is COCCc1ccc(S(=O)(=O)N2C[C@@H]3CCC[C@@]3(C(=O)O)C2)cc1. The van der Waals surface area contributed by atoms with E-state index < -0.39 is 21.4 Å². The Morgan fingerprint density at radius 3 is 2.67 bits per heavy atom. The second-order valence-electron chi connectivity index (χ2n) is 6.73. The van der Waals surface area contributed by atoms with E-state index in [1.54, 1.807) is 31.4 Å². The Morgan fingerprint density at radius 2 is 2.08 bits per heavy atom. The van der Waals surface area contributed by atoms with E-state index in [0.717, 1.165) is 24.8 Å². The Kier molecular flexibility index (Phi) is 4.68. The van der Waals surface area contributed by atoms with Gasteiger partial charge in [0.1, 0.15) is 0 Å². The topological polar surface area (TPSA) is 83.9 Å². The molecule has 1 saturated carbocycles. The molecule has 0 spiro atoms. The maximum atomic E-state index is 12.9. The lowest BCUT2D eigenvalue weighted by Crippen LogP contribution is -2.37. The molecule has 1 N–H and O–H groups in total. The molecule has 7 heteroatoms. The lowest BCUT2D eigenvalue weighted by Gasteiger charge is -2.23. The van der Waals surface area contributed by atoms with E-state index in [-0.39, 0.29) is 17.4 Å². The summed E-state index contributed by atoms with van der Waals surface area (Å²) in [4.78, 5) is 12.0. The third-order valence-corrected chi connectivity index (χ3v) is 7.25. The van der Waals surface area contributed by atoms with Crippen LogP contribution in [0.15, 0.2) is 29.2 Å². The van der Waals surface area contributed by atoms with Gasteiger partial charge in [0, 0.05) is 20.2 Å².